The van der Waals surface area contributed by atoms with Gasteiger partial charge < -0.3 is 20.4 Å². The summed E-state index contributed by atoms with van der Waals surface area (Å²) in [5.41, 5.74) is 0. The largest absolute Gasteiger partial charge is 0.394 e. The summed E-state index contributed by atoms with van der Waals surface area (Å²) in [6, 6.07) is 0. The first-order valence-electron chi connectivity index (χ1n) is 2.74. The third-order valence-corrected chi connectivity index (χ3v) is 1.04. The van der Waals surface area contributed by atoms with Crippen LogP contribution in [0.25, 0.3) is 0 Å². The van der Waals surface area contributed by atoms with E-state index >= 15 is 0 Å². The van der Waals surface area contributed by atoms with E-state index in [1.54, 1.807) is 0 Å². The number of hydrogen-bond acceptors (Lipinski definition) is 5. The maximum Gasteiger partial charge on any atom is 0.189 e. The first-order chi connectivity index (χ1) is 4.63. The van der Waals surface area contributed by atoms with Crippen LogP contribution < -0.4 is 0 Å². The van der Waals surface area contributed by atoms with Crippen LogP contribution in [0.1, 0.15) is 0 Å². The molecule has 6 heteroatoms. The lowest BCUT2D eigenvalue weighted by molar-refractivity contribution is -0.137. The zero-order chi connectivity index (χ0) is 8.15. The maximum atomic E-state index is 10.3. The van der Waals surface area contributed by atoms with Crippen molar-refractivity contribution < 1.29 is 25.2 Å². The average Bonchev–Trinajstić information content (AvgIpc) is 2.00. The highest BCUT2D eigenvalue weighted by atomic mass is 31.0. The molecule has 3 unspecified atom stereocenters. The Balaban J connectivity index is 0. The van der Waals surface area contributed by atoms with Crippen molar-refractivity contribution in [3.8, 4) is 0 Å². The molecule has 0 heterocycles. The molecule has 68 valence electrons. The number of aliphatic hydroxyl groups is 4. The van der Waals surface area contributed by atoms with Gasteiger partial charge in [0, 0.05) is 0 Å². The SMILES string of the molecule is O=C(CO)C(O)C(O)CO.P. The van der Waals surface area contributed by atoms with Crippen LogP contribution in [0.15, 0.2) is 0 Å². The molecule has 0 saturated heterocycles. The summed E-state index contributed by atoms with van der Waals surface area (Å²) in [6.07, 6.45) is -3.19. The second-order valence-corrected chi connectivity index (χ2v) is 1.82. The normalized spacial score (nSPS) is 14.9. The van der Waals surface area contributed by atoms with Gasteiger partial charge in [0.25, 0.3) is 0 Å². The minimum absolute atomic E-state index is 0. The number of carbonyl (C=O) groups is 1. The van der Waals surface area contributed by atoms with E-state index in [9.17, 15) is 4.79 Å². The summed E-state index contributed by atoms with van der Waals surface area (Å²) in [6.45, 7) is -1.54. The Morgan fingerprint density at radius 1 is 1.27 bits per heavy atom. The van der Waals surface area contributed by atoms with Crippen molar-refractivity contribution in [2.24, 2.45) is 0 Å². The van der Waals surface area contributed by atoms with Crippen LogP contribution in [0.5, 0.6) is 0 Å². The Hall–Kier alpha value is -0.0600. The number of hydrogen-bond donors (Lipinski definition) is 4. The van der Waals surface area contributed by atoms with E-state index in [1.165, 1.54) is 0 Å². The number of carbonyl (C=O) groups excluding carboxylic acids is 1. The van der Waals surface area contributed by atoms with Gasteiger partial charge in [0.1, 0.15) is 18.8 Å². The van der Waals surface area contributed by atoms with Crippen molar-refractivity contribution >= 4 is 15.7 Å². The molecule has 3 atom stereocenters. The van der Waals surface area contributed by atoms with Crippen molar-refractivity contribution in [2.75, 3.05) is 13.2 Å². The molecule has 0 saturated carbocycles. The van der Waals surface area contributed by atoms with Crippen LogP contribution >= 0.6 is 9.90 Å². The summed E-state index contributed by atoms with van der Waals surface area (Å²) >= 11 is 0. The standard InChI is InChI=1S/C5H10O5.H3P/c6-1-3(8)5(10)4(9)2-7;/h3,5-8,10H,1-2H2;1H3. The van der Waals surface area contributed by atoms with E-state index in [0.29, 0.717) is 0 Å². The van der Waals surface area contributed by atoms with Gasteiger partial charge >= 0.3 is 0 Å². The second kappa shape index (κ2) is 6.64. The molecule has 0 aliphatic heterocycles. The average molecular weight is 184 g/mol. The van der Waals surface area contributed by atoms with E-state index in [4.69, 9.17) is 20.4 Å². The highest BCUT2D eigenvalue weighted by Crippen LogP contribution is 1.92. The maximum absolute atomic E-state index is 10.3. The summed E-state index contributed by atoms with van der Waals surface area (Å²) in [5.74, 6) is -0.901. The molecule has 0 amide bonds. The van der Waals surface area contributed by atoms with Gasteiger partial charge in [-0.25, -0.2) is 0 Å². The summed E-state index contributed by atoms with van der Waals surface area (Å²) in [7, 11) is 0. The van der Waals surface area contributed by atoms with Crippen LogP contribution in [0.3, 0.4) is 0 Å². The Morgan fingerprint density at radius 3 is 2.00 bits per heavy atom. The van der Waals surface area contributed by atoms with Gasteiger partial charge in [0.15, 0.2) is 5.78 Å². The molecule has 0 radical (unpaired) electrons. The molecule has 5 nitrogen and oxygen atoms in total. The zero-order valence-electron chi connectivity index (χ0n) is 5.97. The quantitative estimate of drug-likeness (QED) is 0.357. The molecule has 0 fully saturated rings. The summed E-state index contributed by atoms with van der Waals surface area (Å²) < 4.78 is 0. The van der Waals surface area contributed by atoms with Gasteiger partial charge in [-0.2, -0.15) is 9.90 Å². The fourth-order valence-electron chi connectivity index (χ4n) is 0.408. The Morgan fingerprint density at radius 2 is 1.73 bits per heavy atom. The van der Waals surface area contributed by atoms with Gasteiger partial charge in [-0.15, -0.1) is 0 Å². The zero-order valence-corrected chi connectivity index (χ0v) is 7.39. The van der Waals surface area contributed by atoms with E-state index in [1.807, 2.05) is 0 Å². The predicted molar refractivity (Wildman–Crippen MR) is 42.3 cm³/mol. The minimum atomic E-state index is -1.69. The van der Waals surface area contributed by atoms with Crippen LogP contribution in [-0.4, -0.2) is 51.6 Å². The Bertz CT molecular complexity index is 117. The number of aliphatic hydroxyl groups excluding tert-OH is 4. The third kappa shape index (κ3) is 4.40. The van der Waals surface area contributed by atoms with Crippen LogP contribution in [0, 0.1) is 0 Å². The molecule has 4 N–H and O–H groups in total. The Labute approximate surface area is 67.3 Å². The van der Waals surface area contributed by atoms with E-state index in [0.717, 1.165) is 0 Å². The molecule has 0 rings (SSSR count). The molecule has 0 bridgehead atoms. The molecule has 11 heavy (non-hydrogen) atoms. The van der Waals surface area contributed by atoms with Gasteiger partial charge in [-0.3, -0.25) is 4.79 Å². The lowest BCUT2D eigenvalue weighted by atomic mass is 10.1. The number of Topliss-reactive ketones (excluding diaryl/α,β-unsaturated/α-hetero) is 1. The second-order valence-electron chi connectivity index (χ2n) is 1.82. The fourth-order valence-corrected chi connectivity index (χ4v) is 0.408. The van der Waals surface area contributed by atoms with Gasteiger partial charge in [0.2, 0.25) is 0 Å². The molecular weight excluding hydrogens is 171 g/mol. The molecule has 0 aliphatic rings. The van der Waals surface area contributed by atoms with Crippen LogP contribution in [0.4, 0.5) is 0 Å². The number of ketones is 1. The highest BCUT2D eigenvalue weighted by Gasteiger charge is 2.21. The molecule has 0 spiro atoms. The highest BCUT2D eigenvalue weighted by molar-refractivity contribution is 6.92. The van der Waals surface area contributed by atoms with E-state index in [-0.39, 0.29) is 9.90 Å². The van der Waals surface area contributed by atoms with Gasteiger partial charge in [-0.05, 0) is 0 Å². The number of rotatable bonds is 4. The lowest BCUT2D eigenvalue weighted by Crippen LogP contribution is -2.37. The Kier molecular flexibility index (Phi) is 8.16. The fraction of sp³-hybridized carbons (Fsp3) is 0.800. The topological polar surface area (TPSA) is 98.0 Å². The first-order valence-corrected chi connectivity index (χ1v) is 2.74. The third-order valence-electron chi connectivity index (χ3n) is 1.04. The van der Waals surface area contributed by atoms with Crippen molar-refractivity contribution in [1.29, 1.82) is 0 Å². The van der Waals surface area contributed by atoms with E-state index < -0.39 is 31.2 Å². The molecule has 0 aromatic carbocycles. The lowest BCUT2D eigenvalue weighted by Gasteiger charge is -2.11. The van der Waals surface area contributed by atoms with Crippen molar-refractivity contribution in [3.63, 3.8) is 0 Å². The molecule has 0 aromatic rings. The van der Waals surface area contributed by atoms with Crippen molar-refractivity contribution in [3.05, 3.63) is 0 Å². The van der Waals surface area contributed by atoms with E-state index in [2.05, 4.69) is 0 Å². The van der Waals surface area contributed by atoms with Gasteiger partial charge in [0.05, 0.1) is 6.61 Å². The summed E-state index contributed by atoms with van der Waals surface area (Å²) in [5, 5.41) is 33.6. The van der Waals surface area contributed by atoms with Gasteiger partial charge in [-0.1, -0.05) is 0 Å². The smallest absolute Gasteiger partial charge is 0.189 e. The first kappa shape index (κ1) is 13.5. The molecule has 0 aliphatic carbocycles. The molecule has 0 aromatic heterocycles. The minimum Gasteiger partial charge on any atom is -0.394 e. The van der Waals surface area contributed by atoms with Crippen LogP contribution in [0.2, 0.25) is 0 Å². The monoisotopic (exact) mass is 184 g/mol. The molecular formula is C5H13O5P. The van der Waals surface area contributed by atoms with Crippen molar-refractivity contribution in [1.82, 2.24) is 0 Å². The predicted octanol–water partition coefficient (Wildman–Crippen LogP) is -2.68. The summed E-state index contributed by atoms with van der Waals surface area (Å²) in [4.78, 5) is 10.3. The van der Waals surface area contributed by atoms with Crippen molar-refractivity contribution in [2.45, 2.75) is 12.2 Å². The van der Waals surface area contributed by atoms with Crippen LogP contribution in [-0.2, 0) is 4.79 Å².